The molecule has 3 aromatic rings. The Morgan fingerprint density at radius 1 is 1.18 bits per heavy atom. The van der Waals surface area contributed by atoms with E-state index in [4.69, 9.17) is 0 Å². The van der Waals surface area contributed by atoms with Gasteiger partial charge in [-0.3, -0.25) is 14.7 Å². The van der Waals surface area contributed by atoms with Crippen molar-refractivity contribution < 1.29 is 9.59 Å². The van der Waals surface area contributed by atoms with Gasteiger partial charge in [-0.15, -0.1) is 5.10 Å². The van der Waals surface area contributed by atoms with Crippen molar-refractivity contribution in [1.82, 2.24) is 15.2 Å². The molecule has 0 unspecified atom stereocenters. The van der Waals surface area contributed by atoms with Crippen LogP contribution < -0.4 is 5.32 Å². The van der Waals surface area contributed by atoms with Gasteiger partial charge in [-0.25, -0.2) is 4.98 Å². The molecule has 0 radical (unpaired) electrons. The van der Waals surface area contributed by atoms with E-state index in [1.165, 1.54) is 24.2 Å². The van der Waals surface area contributed by atoms with Gasteiger partial charge in [0.25, 0.3) is 0 Å². The number of rotatable bonds is 7. The van der Waals surface area contributed by atoms with Crippen LogP contribution in [0.15, 0.2) is 53.7 Å². The lowest BCUT2D eigenvalue weighted by Gasteiger charge is -2.10. The molecule has 0 aliphatic rings. The highest BCUT2D eigenvalue weighted by Gasteiger charge is 2.18. The van der Waals surface area contributed by atoms with Gasteiger partial charge in [0.2, 0.25) is 11.1 Å². The Kier molecular flexibility index (Phi) is 6.26. The number of benzene rings is 2. The first-order valence-electron chi connectivity index (χ1n) is 9.06. The van der Waals surface area contributed by atoms with E-state index >= 15 is 0 Å². The van der Waals surface area contributed by atoms with Crippen LogP contribution in [0.25, 0.3) is 11.4 Å². The van der Waals surface area contributed by atoms with Crippen LogP contribution in [-0.4, -0.2) is 32.1 Å². The van der Waals surface area contributed by atoms with Crippen LogP contribution >= 0.6 is 11.8 Å². The summed E-state index contributed by atoms with van der Waals surface area (Å²) in [5.41, 5.74) is 3.37. The number of Topliss-reactive ketones (excluding diaryl/α,β-unsaturated/α-hetero) is 1. The molecule has 0 saturated carbocycles. The molecule has 144 valence electrons. The molecule has 2 aromatic carbocycles. The first-order chi connectivity index (χ1) is 13.5. The van der Waals surface area contributed by atoms with Gasteiger partial charge in [0.1, 0.15) is 0 Å². The molecule has 1 aromatic heterocycles. The average Bonchev–Trinajstić information content (AvgIpc) is 3.16. The zero-order valence-electron chi connectivity index (χ0n) is 16.0. The Hall–Kier alpha value is -2.93. The van der Waals surface area contributed by atoms with Crippen molar-refractivity contribution >= 4 is 29.1 Å². The van der Waals surface area contributed by atoms with E-state index in [0.29, 0.717) is 22.2 Å². The SMILES string of the molecule is CCc1ccc(-c2nc(S[C@@H](C)C(=O)Nc3cccc(C(C)=O)c3)n[nH]2)cc1. The van der Waals surface area contributed by atoms with Gasteiger partial charge in [0, 0.05) is 16.8 Å². The van der Waals surface area contributed by atoms with Crippen LogP contribution in [0.2, 0.25) is 0 Å². The van der Waals surface area contributed by atoms with Crippen LogP contribution in [0.3, 0.4) is 0 Å². The van der Waals surface area contributed by atoms with Crippen molar-refractivity contribution in [3.63, 3.8) is 0 Å². The maximum absolute atomic E-state index is 12.5. The first-order valence-corrected chi connectivity index (χ1v) is 9.94. The summed E-state index contributed by atoms with van der Waals surface area (Å²) in [5.74, 6) is 0.454. The molecule has 0 aliphatic heterocycles. The molecular formula is C21H22N4O2S. The van der Waals surface area contributed by atoms with Crippen LogP contribution in [0.1, 0.15) is 36.7 Å². The summed E-state index contributed by atoms with van der Waals surface area (Å²) >= 11 is 1.27. The second-order valence-electron chi connectivity index (χ2n) is 6.40. The Morgan fingerprint density at radius 2 is 1.93 bits per heavy atom. The highest BCUT2D eigenvalue weighted by atomic mass is 32.2. The van der Waals surface area contributed by atoms with E-state index in [1.807, 2.05) is 12.1 Å². The summed E-state index contributed by atoms with van der Waals surface area (Å²) in [5, 5.41) is 10.1. The first kappa shape index (κ1) is 19.8. The number of nitrogens with one attached hydrogen (secondary N) is 2. The van der Waals surface area contributed by atoms with E-state index in [9.17, 15) is 9.59 Å². The highest BCUT2D eigenvalue weighted by Crippen LogP contribution is 2.24. The van der Waals surface area contributed by atoms with E-state index in [1.54, 1.807) is 31.2 Å². The summed E-state index contributed by atoms with van der Waals surface area (Å²) in [6.45, 7) is 5.40. The second-order valence-corrected chi connectivity index (χ2v) is 7.71. The molecule has 28 heavy (non-hydrogen) atoms. The van der Waals surface area contributed by atoms with Gasteiger partial charge in [0.05, 0.1) is 5.25 Å². The summed E-state index contributed by atoms with van der Waals surface area (Å²) in [7, 11) is 0. The second kappa shape index (κ2) is 8.84. The number of carbonyl (C=O) groups excluding carboxylic acids is 2. The van der Waals surface area contributed by atoms with Crippen molar-refractivity contribution in [3.8, 4) is 11.4 Å². The van der Waals surface area contributed by atoms with Crippen molar-refractivity contribution in [2.45, 2.75) is 37.6 Å². The predicted molar refractivity (Wildman–Crippen MR) is 112 cm³/mol. The Morgan fingerprint density at radius 3 is 2.61 bits per heavy atom. The quantitative estimate of drug-likeness (QED) is 0.459. The highest BCUT2D eigenvalue weighted by molar-refractivity contribution is 8.00. The van der Waals surface area contributed by atoms with Crippen LogP contribution in [0, 0.1) is 0 Å². The Balaban J connectivity index is 1.63. The van der Waals surface area contributed by atoms with E-state index in [-0.39, 0.29) is 11.7 Å². The number of hydrogen-bond donors (Lipinski definition) is 2. The molecule has 0 aliphatic carbocycles. The molecule has 0 fully saturated rings. The molecule has 3 rings (SSSR count). The minimum Gasteiger partial charge on any atom is -0.325 e. The van der Waals surface area contributed by atoms with Crippen LogP contribution in [0.4, 0.5) is 5.69 Å². The fraction of sp³-hybridized carbons (Fsp3) is 0.238. The lowest BCUT2D eigenvalue weighted by Crippen LogP contribution is -2.22. The van der Waals surface area contributed by atoms with E-state index in [2.05, 4.69) is 39.6 Å². The van der Waals surface area contributed by atoms with Crippen LogP contribution in [-0.2, 0) is 11.2 Å². The normalized spacial score (nSPS) is 11.8. The summed E-state index contributed by atoms with van der Waals surface area (Å²) in [6.07, 6.45) is 0.986. The zero-order valence-corrected chi connectivity index (χ0v) is 16.8. The maximum atomic E-state index is 12.5. The number of carbonyl (C=O) groups is 2. The number of thioether (sulfide) groups is 1. The molecule has 2 N–H and O–H groups in total. The average molecular weight is 395 g/mol. The third-order valence-corrected chi connectivity index (χ3v) is 5.25. The summed E-state index contributed by atoms with van der Waals surface area (Å²) in [4.78, 5) is 28.4. The standard InChI is InChI=1S/C21H22N4O2S/c1-4-15-8-10-16(11-9-15)19-23-21(25-24-19)28-14(3)20(27)22-18-7-5-6-17(12-18)13(2)26/h5-12,14H,4H2,1-3H3,(H,22,27)(H,23,24,25)/t14-/m0/s1. The molecule has 7 heteroatoms. The van der Waals surface area contributed by atoms with Crippen molar-refractivity contribution in [2.24, 2.45) is 0 Å². The minimum atomic E-state index is -0.396. The topological polar surface area (TPSA) is 87.7 Å². The number of nitrogens with zero attached hydrogens (tertiary/aromatic N) is 2. The molecule has 1 heterocycles. The zero-order chi connectivity index (χ0) is 20.1. The molecule has 0 spiro atoms. The molecule has 0 bridgehead atoms. The third-order valence-electron chi connectivity index (χ3n) is 4.29. The molecule has 6 nitrogen and oxygen atoms in total. The van der Waals surface area contributed by atoms with E-state index < -0.39 is 5.25 Å². The molecular weight excluding hydrogens is 372 g/mol. The number of ketones is 1. The summed E-state index contributed by atoms with van der Waals surface area (Å²) < 4.78 is 0. The van der Waals surface area contributed by atoms with Crippen molar-refractivity contribution in [1.29, 1.82) is 0 Å². The predicted octanol–water partition coefficient (Wildman–Crippen LogP) is 4.36. The number of hydrogen-bond acceptors (Lipinski definition) is 5. The van der Waals surface area contributed by atoms with E-state index in [0.717, 1.165) is 12.0 Å². The van der Waals surface area contributed by atoms with Crippen molar-refractivity contribution in [3.05, 3.63) is 59.7 Å². The minimum absolute atomic E-state index is 0.0428. The molecule has 1 amide bonds. The number of aromatic nitrogens is 3. The molecule has 1 atom stereocenters. The smallest absolute Gasteiger partial charge is 0.237 e. The fourth-order valence-corrected chi connectivity index (χ4v) is 3.32. The number of aryl methyl sites for hydroxylation is 1. The number of H-pyrrole nitrogens is 1. The van der Waals surface area contributed by atoms with Gasteiger partial charge < -0.3 is 5.32 Å². The van der Waals surface area contributed by atoms with Gasteiger partial charge in [0.15, 0.2) is 11.6 Å². The number of amides is 1. The van der Waals surface area contributed by atoms with Crippen molar-refractivity contribution in [2.75, 3.05) is 5.32 Å². The van der Waals surface area contributed by atoms with Gasteiger partial charge in [-0.05, 0) is 38.0 Å². The largest absolute Gasteiger partial charge is 0.325 e. The number of aromatic amines is 1. The fourth-order valence-electron chi connectivity index (χ4n) is 2.60. The van der Waals surface area contributed by atoms with Gasteiger partial charge in [-0.2, -0.15) is 0 Å². The maximum Gasteiger partial charge on any atom is 0.237 e. The van der Waals surface area contributed by atoms with Crippen LogP contribution in [0.5, 0.6) is 0 Å². The molecule has 0 saturated heterocycles. The monoisotopic (exact) mass is 394 g/mol. The lowest BCUT2D eigenvalue weighted by atomic mass is 10.1. The Labute approximate surface area is 168 Å². The third kappa shape index (κ3) is 4.86. The van der Waals surface area contributed by atoms with Gasteiger partial charge >= 0.3 is 0 Å². The summed E-state index contributed by atoms with van der Waals surface area (Å²) in [6, 6.07) is 15.0. The van der Waals surface area contributed by atoms with Gasteiger partial charge in [-0.1, -0.05) is 55.1 Å². The lowest BCUT2D eigenvalue weighted by molar-refractivity contribution is -0.115. The Bertz CT molecular complexity index is 982. The number of anilines is 1.